The van der Waals surface area contributed by atoms with Gasteiger partial charge in [0.05, 0.1) is 25.3 Å². The summed E-state index contributed by atoms with van der Waals surface area (Å²) in [6, 6.07) is 8.28. The van der Waals surface area contributed by atoms with Crippen LogP contribution in [-0.4, -0.2) is 48.5 Å². The molecule has 2 aromatic rings. The first kappa shape index (κ1) is 22.2. The van der Waals surface area contributed by atoms with Gasteiger partial charge in [0, 0.05) is 0 Å². The summed E-state index contributed by atoms with van der Waals surface area (Å²) in [4.78, 5) is 0. The van der Waals surface area contributed by atoms with E-state index in [0.717, 1.165) is 34.0 Å². The van der Waals surface area contributed by atoms with Crippen LogP contribution < -0.4 is 4.74 Å². The molecule has 0 radical (unpaired) electrons. The highest BCUT2D eigenvalue weighted by atomic mass is 32.3. The van der Waals surface area contributed by atoms with Gasteiger partial charge in [-0.1, -0.05) is 26.1 Å². The molecule has 28 heavy (non-hydrogen) atoms. The van der Waals surface area contributed by atoms with Crippen LogP contribution in [0, 0.1) is 0 Å². The van der Waals surface area contributed by atoms with Crippen molar-refractivity contribution in [1.29, 1.82) is 0 Å². The summed E-state index contributed by atoms with van der Waals surface area (Å²) in [5.74, 6) is 1.52. The van der Waals surface area contributed by atoms with Crippen molar-refractivity contribution >= 4 is 20.5 Å². The average molecular weight is 405 g/mol. The zero-order chi connectivity index (χ0) is 21.1. The molecule has 0 spiro atoms. The number of thiol groups is 1. The van der Waals surface area contributed by atoms with Crippen molar-refractivity contribution in [2.24, 2.45) is 0 Å². The maximum absolute atomic E-state index is 5.70. The number of allylic oxidation sites excluding steroid dienone is 1. The summed E-state index contributed by atoms with van der Waals surface area (Å²) >= 11 is 0. The van der Waals surface area contributed by atoms with E-state index >= 15 is 0 Å². The molecule has 0 bridgehead atoms. The number of aryl methyl sites for hydroxylation is 1. The summed E-state index contributed by atoms with van der Waals surface area (Å²) in [6.45, 7) is 13.8. The fourth-order valence-electron chi connectivity index (χ4n) is 3.03. The van der Waals surface area contributed by atoms with Crippen LogP contribution in [0.15, 0.2) is 42.4 Å². The van der Waals surface area contributed by atoms with E-state index in [1.807, 2.05) is 17.7 Å². The van der Waals surface area contributed by atoms with Gasteiger partial charge in [-0.15, -0.1) is 0 Å². The maximum atomic E-state index is 5.70. The van der Waals surface area contributed by atoms with Gasteiger partial charge < -0.3 is 9.47 Å². The molecule has 0 fully saturated rings. The Morgan fingerprint density at radius 1 is 1.11 bits per heavy atom. The van der Waals surface area contributed by atoms with Crippen LogP contribution in [0.3, 0.4) is 0 Å². The van der Waals surface area contributed by atoms with Gasteiger partial charge >= 0.3 is 0 Å². The molecule has 0 amide bonds. The smallest absolute Gasteiger partial charge is 0.137 e. The first-order chi connectivity index (χ1) is 13.0. The number of hydrogen-bond acceptors (Lipinski definition) is 3. The molecular formula is C23H36N2O2S. The molecule has 0 aliphatic carbocycles. The molecular weight excluding hydrogens is 368 g/mol. The van der Waals surface area contributed by atoms with Gasteiger partial charge in [0.2, 0.25) is 0 Å². The Hall–Kier alpha value is -2.14. The molecule has 1 heterocycles. The van der Waals surface area contributed by atoms with Crippen LogP contribution >= 0.6 is 9.16 Å². The molecule has 0 N–H and O–H groups in total. The predicted octanol–water partition coefficient (Wildman–Crippen LogP) is 5.13. The topological polar surface area (TPSA) is 36.3 Å². The van der Waals surface area contributed by atoms with Crippen molar-refractivity contribution in [2.45, 2.75) is 31.8 Å². The number of ether oxygens (including phenoxy) is 2. The fourth-order valence-corrected chi connectivity index (χ4v) is 4.14. The molecule has 0 saturated heterocycles. The molecule has 1 aromatic heterocycles. The second-order valence-electron chi connectivity index (χ2n) is 8.96. The predicted molar refractivity (Wildman–Crippen MR) is 125 cm³/mol. The van der Waals surface area contributed by atoms with Gasteiger partial charge in [-0.25, -0.2) is 0 Å². The third-order valence-electron chi connectivity index (χ3n) is 4.70. The van der Waals surface area contributed by atoms with Crippen LogP contribution in [0.1, 0.15) is 30.7 Å². The zero-order valence-corrected chi connectivity index (χ0v) is 19.4. The average Bonchev–Trinajstić information content (AvgIpc) is 3.05. The quantitative estimate of drug-likeness (QED) is 0.465. The summed E-state index contributed by atoms with van der Waals surface area (Å²) in [5.41, 5.74) is 4.30. The maximum Gasteiger partial charge on any atom is 0.137 e. The van der Waals surface area contributed by atoms with E-state index in [2.05, 4.69) is 63.3 Å². The minimum atomic E-state index is -2.02. The van der Waals surface area contributed by atoms with Gasteiger partial charge in [-0.05, 0) is 73.3 Å². The molecule has 0 unspecified atom stereocenters. The highest BCUT2D eigenvalue weighted by Gasteiger charge is 2.27. The van der Waals surface area contributed by atoms with E-state index < -0.39 is 9.16 Å². The Kier molecular flexibility index (Phi) is 6.39. The van der Waals surface area contributed by atoms with Crippen LogP contribution in [0.5, 0.6) is 5.75 Å². The van der Waals surface area contributed by atoms with E-state index in [0.29, 0.717) is 18.9 Å². The standard InChI is InChI=1S/C23H36N2O2S/c1-10-19-14-20(26-5)12-13-21(19)17(3)16-25-22(18(4)27-11-2)15-23(24-25)28(6,7,8)9/h12-15,28H,3-4,10-11,16H2,1-2,5-9H3. The van der Waals surface area contributed by atoms with E-state index in [1.54, 1.807) is 7.11 Å². The Balaban J connectivity index is 2.44. The van der Waals surface area contributed by atoms with Gasteiger partial charge in [0.15, 0.2) is 0 Å². The third-order valence-corrected chi connectivity index (χ3v) is 6.75. The highest BCUT2D eigenvalue weighted by molar-refractivity contribution is 8.47. The van der Waals surface area contributed by atoms with E-state index in [4.69, 9.17) is 14.6 Å². The van der Waals surface area contributed by atoms with E-state index in [-0.39, 0.29) is 0 Å². The van der Waals surface area contributed by atoms with Gasteiger partial charge in [-0.2, -0.15) is 5.10 Å². The molecule has 2 rings (SSSR count). The van der Waals surface area contributed by atoms with Crippen molar-refractivity contribution in [3.05, 3.63) is 54.2 Å². The summed E-state index contributed by atoms with van der Waals surface area (Å²) in [5, 5.41) is 6.08. The lowest BCUT2D eigenvalue weighted by Gasteiger charge is -2.45. The van der Waals surface area contributed by atoms with E-state index in [1.165, 1.54) is 5.56 Å². The first-order valence-corrected chi connectivity index (χ1v) is 13.7. The Morgan fingerprint density at radius 3 is 2.32 bits per heavy atom. The van der Waals surface area contributed by atoms with Gasteiger partial charge in [-0.3, -0.25) is 13.8 Å². The summed E-state index contributed by atoms with van der Waals surface area (Å²) < 4.78 is 13.1. The fraction of sp³-hybridized carbons (Fsp3) is 0.435. The largest absolute Gasteiger partial charge is 0.497 e. The molecule has 0 aliphatic heterocycles. The van der Waals surface area contributed by atoms with E-state index in [9.17, 15) is 0 Å². The van der Waals surface area contributed by atoms with Crippen molar-refractivity contribution in [2.75, 3.05) is 38.7 Å². The SMILES string of the molecule is C=C(Cn1nc([SH](C)(C)(C)C)cc1C(=C)OCC)c1ccc(OC)cc1CC. The molecule has 156 valence electrons. The Bertz CT molecular complexity index is 878. The minimum Gasteiger partial charge on any atom is -0.497 e. The summed E-state index contributed by atoms with van der Waals surface area (Å²) in [7, 11) is -0.330. The van der Waals surface area contributed by atoms with Crippen molar-refractivity contribution in [3.8, 4) is 5.75 Å². The minimum absolute atomic E-state index is 0.582. The lowest BCUT2D eigenvalue weighted by Crippen LogP contribution is -2.13. The number of nitrogens with zero attached hydrogens (tertiary/aromatic N) is 2. The molecule has 1 aromatic carbocycles. The number of methoxy groups -OCH3 is 1. The second kappa shape index (κ2) is 8.08. The van der Waals surface area contributed by atoms with Crippen LogP contribution in [0.25, 0.3) is 11.3 Å². The number of benzene rings is 1. The van der Waals surface area contributed by atoms with Crippen molar-refractivity contribution in [1.82, 2.24) is 9.78 Å². The second-order valence-corrected chi connectivity index (χ2v) is 16.6. The lowest BCUT2D eigenvalue weighted by molar-refractivity contribution is 0.295. The molecule has 4 nitrogen and oxygen atoms in total. The van der Waals surface area contributed by atoms with Crippen LogP contribution in [-0.2, 0) is 17.7 Å². The van der Waals surface area contributed by atoms with Crippen molar-refractivity contribution < 1.29 is 9.47 Å². The summed E-state index contributed by atoms with van der Waals surface area (Å²) in [6.07, 6.45) is 10.1. The van der Waals surface area contributed by atoms with Crippen LogP contribution in [0.2, 0.25) is 0 Å². The van der Waals surface area contributed by atoms with Crippen molar-refractivity contribution in [3.63, 3.8) is 0 Å². The molecule has 0 aliphatic rings. The highest BCUT2D eigenvalue weighted by Crippen LogP contribution is 2.62. The van der Waals surface area contributed by atoms with Gasteiger partial charge in [0.1, 0.15) is 17.2 Å². The number of rotatable bonds is 9. The number of hydrogen-bond donors (Lipinski definition) is 1. The molecule has 0 atom stereocenters. The Morgan fingerprint density at radius 2 is 1.79 bits per heavy atom. The monoisotopic (exact) mass is 404 g/mol. The van der Waals surface area contributed by atoms with Gasteiger partial charge in [0.25, 0.3) is 0 Å². The normalized spacial score (nSPS) is 12.9. The number of aromatic nitrogens is 2. The first-order valence-electron chi connectivity index (χ1n) is 9.72. The van der Waals surface area contributed by atoms with Crippen LogP contribution in [0.4, 0.5) is 0 Å². The molecule has 0 saturated carbocycles. The zero-order valence-electron chi connectivity index (χ0n) is 18.5. The molecule has 5 heteroatoms. The third kappa shape index (κ3) is 5.02. The Labute approximate surface area is 170 Å². The lowest BCUT2D eigenvalue weighted by atomic mass is 9.98.